The van der Waals surface area contributed by atoms with Crippen LogP contribution in [-0.4, -0.2) is 42.6 Å². The molecule has 1 aromatic heterocycles. The minimum atomic E-state index is -3.34. The molecule has 7 heteroatoms. The monoisotopic (exact) mass is 372 g/mol. The molecule has 0 radical (unpaired) electrons. The van der Waals surface area contributed by atoms with E-state index in [1.54, 1.807) is 4.31 Å². The van der Waals surface area contributed by atoms with Gasteiger partial charge in [-0.1, -0.05) is 36.4 Å². The van der Waals surface area contributed by atoms with Gasteiger partial charge in [-0.15, -0.1) is 0 Å². The summed E-state index contributed by atoms with van der Waals surface area (Å²) in [5.74, 6) is 0. The molecule has 6 nitrogen and oxygen atoms in total. The average molecular weight is 372 g/mol. The Morgan fingerprint density at radius 2 is 1.81 bits per heavy atom. The van der Waals surface area contributed by atoms with Crippen LogP contribution in [0.5, 0.6) is 0 Å². The van der Waals surface area contributed by atoms with Crippen molar-refractivity contribution < 1.29 is 8.42 Å². The molecule has 1 unspecified atom stereocenters. The maximum absolute atomic E-state index is 13.0. The zero-order chi connectivity index (χ0) is 18.0. The minimum Gasteiger partial charge on any atom is -0.256 e. The molecule has 0 aliphatic carbocycles. The van der Waals surface area contributed by atoms with Gasteiger partial charge in [0.25, 0.3) is 0 Å². The molecule has 2 N–H and O–H groups in total. The Balaban J connectivity index is 1.57. The summed E-state index contributed by atoms with van der Waals surface area (Å²) in [5, 5.41) is -0.407. The van der Waals surface area contributed by atoms with Gasteiger partial charge in [-0.05, 0) is 30.5 Å². The summed E-state index contributed by atoms with van der Waals surface area (Å²) in [7, 11) is -3.34. The number of pyridine rings is 1. The largest absolute Gasteiger partial charge is 0.256 e. The second kappa shape index (κ2) is 7.44. The van der Waals surface area contributed by atoms with Crippen molar-refractivity contribution in [3.8, 4) is 0 Å². The number of rotatable bonds is 5. The van der Waals surface area contributed by atoms with E-state index in [1.807, 2.05) is 36.4 Å². The number of aromatic nitrogens is 1. The molecule has 2 aliphatic rings. The molecular weight excluding hydrogens is 348 g/mol. The van der Waals surface area contributed by atoms with E-state index in [0.717, 1.165) is 30.7 Å². The third kappa shape index (κ3) is 3.53. The third-order valence-electron chi connectivity index (χ3n) is 5.13. The summed E-state index contributed by atoms with van der Waals surface area (Å²) < 4.78 is 27.7. The summed E-state index contributed by atoms with van der Waals surface area (Å²) >= 11 is 0. The molecule has 138 valence electrons. The predicted octanol–water partition coefficient (Wildman–Crippen LogP) is 1.62. The highest BCUT2D eigenvalue weighted by molar-refractivity contribution is 7.89. The zero-order valence-electron chi connectivity index (χ0n) is 14.6. The van der Waals surface area contributed by atoms with E-state index in [1.165, 1.54) is 5.56 Å². The Morgan fingerprint density at radius 1 is 1.04 bits per heavy atom. The van der Waals surface area contributed by atoms with Crippen molar-refractivity contribution in [3.63, 3.8) is 0 Å². The second-order valence-electron chi connectivity index (χ2n) is 6.91. The van der Waals surface area contributed by atoms with Gasteiger partial charge in [0.2, 0.25) is 10.0 Å². The van der Waals surface area contributed by atoms with Crippen LogP contribution in [0, 0.1) is 0 Å². The van der Waals surface area contributed by atoms with Crippen LogP contribution < -0.4 is 10.9 Å². The first kappa shape index (κ1) is 17.6. The molecule has 2 aliphatic heterocycles. The highest BCUT2D eigenvalue weighted by Gasteiger charge is 2.41. The summed E-state index contributed by atoms with van der Waals surface area (Å²) in [4.78, 5) is 4.80. The molecule has 3 heterocycles. The fourth-order valence-corrected chi connectivity index (χ4v) is 5.70. The Morgan fingerprint density at radius 3 is 2.58 bits per heavy atom. The highest BCUT2D eigenvalue weighted by Crippen LogP contribution is 2.35. The molecule has 1 atom stereocenters. The number of hydrogen-bond donors (Lipinski definition) is 2. The van der Waals surface area contributed by atoms with E-state index in [-0.39, 0.29) is 6.04 Å². The SMILES string of the molecule is O=S(=O)(C1CNNC1)N1CCCC1c1cccc(Cc2ccccc2)n1. The van der Waals surface area contributed by atoms with Crippen molar-refractivity contribution in [2.24, 2.45) is 0 Å². The molecule has 0 saturated carbocycles. The molecule has 0 bridgehead atoms. The molecule has 2 fully saturated rings. The van der Waals surface area contributed by atoms with Gasteiger partial charge in [0.1, 0.15) is 5.25 Å². The lowest BCUT2D eigenvalue weighted by atomic mass is 10.1. The van der Waals surface area contributed by atoms with Crippen LogP contribution in [0.15, 0.2) is 48.5 Å². The van der Waals surface area contributed by atoms with Gasteiger partial charge in [-0.25, -0.2) is 8.42 Å². The maximum atomic E-state index is 13.0. The number of nitrogens with one attached hydrogen (secondary N) is 2. The lowest BCUT2D eigenvalue weighted by molar-refractivity contribution is 0.385. The number of hydrogen-bond acceptors (Lipinski definition) is 5. The zero-order valence-corrected chi connectivity index (χ0v) is 15.5. The molecule has 0 spiro atoms. The van der Waals surface area contributed by atoms with E-state index in [0.29, 0.717) is 19.6 Å². The number of hydrazine groups is 1. The number of benzene rings is 1. The van der Waals surface area contributed by atoms with Crippen LogP contribution in [-0.2, 0) is 16.4 Å². The van der Waals surface area contributed by atoms with Gasteiger partial charge in [0.15, 0.2) is 0 Å². The van der Waals surface area contributed by atoms with Crippen molar-refractivity contribution in [2.75, 3.05) is 19.6 Å². The molecule has 0 amide bonds. The molecular formula is C19H24N4O2S. The Labute approximate surface area is 154 Å². The van der Waals surface area contributed by atoms with Crippen LogP contribution in [0.4, 0.5) is 0 Å². The normalized spacial score (nSPS) is 22.1. The van der Waals surface area contributed by atoms with E-state index < -0.39 is 15.3 Å². The standard InChI is InChI=1S/C19H24N4O2S/c24-26(25,17-13-20-21-14-17)23-11-5-10-19(23)18-9-4-8-16(22-18)12-15-6-2-1-3-7-15/h1-4,6-9,17,19-21H,5,10-14H2. The van der Waals surface area contributed by atoms with Gasteiger partial charge in [0, 0.05) is 31.7 Å². The molecule has 1 aromatic carbocycles. The van der Waals surface area contributed by atoms with Gasteiger partial charge in [0.05, 0.1) is 11.7 Å². The summed E-state index contributed by atoms with van der Waals surface area (Å²) in [6.07, 6.45) is 2.46. The summed E-state index contributed by atoms with van der Waals surface area (Å²) in [5.41, 5.74) is 8.88. The Bertz CT molecular complexity index is 851. The minimum absolute atomic E-state index is 0.156. The predicted molar refractivity (Wildman–Crippen MR) is 101 cm³/mol. The van der Waals surface area contributed by atoms with Crippen molar-refractivity contribution in [1.82, 2.24) is 20.1 Å². The first-order chi connectivity index (χ1) is 12.6. The van der Waals surface area contributed by atoms with Crippen molar-refractivity contribution in [3.05, 3.63) is 65.5 Å². The van der Waals surface area contributed by atoms with Crippen LogP contribution in [0.2, 0.25) is 0 Å². The fraction of sp³-hybridized carbons (Fsp3) is 0.421. The fourth-order valence-electron chi connectivity index (χ4n) is 3.77. The topological polar surface area (TPSA) is 74.3 Å². The van der Waals surface area contributed by atoms with Gasteiger partial charge < -0.3 is 0 Å². The van der Waals surface area contributed by atoms with Gasteiger partial charge in [-0.2, -0.15) is 4.31 Å². The number of nitrogens with zero attached hydrogens (tertiary/aromatic N) is 2. The Kier molecular flexibility index (Phi) is 5.04. The van der Waals surface area contributed by atoms with Crippen LogP contribution >= 0.6 is 0 Å². The highest BCUT2D eigenvalue weighted by atomic mass is 32.2. The van der Waals surface area contributed by atoms with Crippen molar-refractivity contribution in [2.45, 2.75) is 30.6 Å². The van der Waals surface area contributed by atoms with Gasteiger partial charge in [-0.3, -0.25) is 15.8 Å². The van der Waals surface area contributed by atoms with E-state index in [2.05, 4.69) is 23.0 Å². The summed E-state index contributed by atoms with van der Waals surface area (Å²) in [6, 6.07) is 16.0. The third-order valence-corrected chi connectivity index (χ3v) is 7.40. The lowest BCUT2D eigenvalue weighted by Crippen LogP contribution is -2.41. The van der Waals surface area contributed by atoms with Crippen LogP contribution in [0.25, 0.3) is 0 Å². The number of sulfonamides is 1. The molecule has 2 aromatic rings. The molecule has 4 rings (SSSR count). The summed E-state index contributed by atoms with van der Waals surface area (Å²) in [6.45, 7) is 1.48. The van der Waals surface area contributed by atoms with Crippen LogP contribution in [0.3, 0.4) is 0 Å². The maximum Gasteiger partial charge on any atom is 0.220 e. The van der Waals surface area contributed by atoms with E-state index in [9.17, 15) is 8.42 Å². The molecule has 2 saturated heterocycles. The lowest BCUT2D eigenvalue weighted by Gasteiger charge is -2.26. The van der Waals surface area contributed by atoms with E-state index in [4.69, 9.17) is 4.98 Å². The first-order valence-electron chi connectivity index (χ1n) is 9.11. The first-order valence-corrected chi connectivity index (χ1v) is 10.6. The second-order valence-corrected chi connectivity index (χ2v) is 9.08. The van der Waals surface area contributed by atoms with Crippen molar-refractivity contribution in [1.29, 1.82) is 0 Å². The van der Waals surface area contributed by atoms with Crippen LogP contribution in [0.1, 0.15) is 35.8 Å². The smallest absolute Gasteiger partial charge is 0.220 e. The quantitative estimate of drug-likeness (QED) is 0.834. The average Bonchev–Trinajstić information content (AvgIpc) is 3.35. The van der Waals surface area contributed by atoms with Crippen molar-refractivity contribution >= 4 is 10.0 Å². The Hall–Kier alpha value is -1.80. The van der Waals surface area contributed by atoms with E-state index >= 15 is 0 Å². The molecule has 26 heavy (non-hydrogen) atoms. The van der Waals surface area contributed by atoms with Gasteiger partial charge >= 0.3 is 0 Å².